The van der Waals surface area contributed by atoms with Crippen LogP contribution in [-0.4, -0.2) is 35.4 Å². The molecule has 2 atom stereocenters. The van der Waals surface area contributed by atoms with Crippen LogP contribution >= 0.6 is 0 Å². The van der Waals surface area contributed by atoms with Crippen LogP contribution in [0.1, 0.15) is 22.9 Å². The zero-order chi connectivity index (χ0) is 22.9. The molecular weight excluding hydrogens is 426 g/mol. The van der Waals surface area contributed by atoms with Gasteiger partial charge in [-0.25, -0.2) is 0 Å². The molecule has 0 saturated heterocycles. The van der Waals surface area contributed by atoms with E-state index in [-0.39, 0.29) is 25.1 Å². The number of carbonyl (C=O) groups excluding carboxylic acids is 1. The van der Waals surface area contributed by atoms with Gasteiger partial charge in [-0.1, -0.05) is 60.7 Å². The number of hydrogen-bond donors (Lipinski definition) is 1. The summed E-state index contributed by atoms with van der Waals surface area (Å²) in [7, 11) is 0. The van der Waals surface area contributed by atoms with Crippen LogP contribution in [0.15, 0.2) is 102 Å². The van der Waals surface area contributed by atoms with Crippen molar-refractivity contribution in [2.45, 2.75) is 12.1 Å². The van der Waals surface area contributed by atoms with Gasteiger partial charge in [0.2, 0.25) is 6.10 Å². The molecule has 1 amide bonds. The molecule has 2 aliphatic heterocycles. The van der Waals surface area contributed by atoms with E-state index < -0.39 is 6.10 Å². The summed E-state index contributed by atoms with van der Waals surface area (Å²) in [5, 5.41) is 3.02. The third-order valence-corrected chi connectivity index (χ3v) is 6.17. The van der Waals surface area contributed by atoms with Gasteiger partial charge in [-0.15, -0.1) is 0 Å². The molecule has 1 aromatic heterocycles. The van der Waals surface area contributed by atoms with E-state index in [9.17, 15) is 4.79 Å². The van der Waals surface area contributed by atoms with Crippen LogP contribution in [0.5, 0.6) is 11.5 Å². The minimum Gasteiger partial charge on any atom is -0.485 e. The minimum absolute atomic E-state index is 0.170. The molecule has 34 heavy (non-hydrogen) atoms. The molecule has 0 radical (unpaired) electrons. The second-order valence-corrected chi connectivity index (χ2v) is 8.29. The molecular formula is C28H23N3O3. The fourth-order valence-corrected chi connectivity index (χ4v) is 4.51. The zero-order valence-electron chi connectivity index (χ0n) is 18.4. The second-order valence-electron chi connectivity index (χ2n) is 8.29. The van der Waals surface area contributed by atoms with Gasteiger partial charge in [-0.05, 0) is 35.9 Å². The van der Waals surface area contributed by atoms with Crippen LogP contribution < -0.4 is 14.8 Å². The van der Waals surface area contributed by atoms with Gasteiger partial charge in [0.05, 0.1) is 23.6 Å². The first kappa shape index (κ1) is 20.3. The van der Waals surface area contributed by atoms with E-state index in [0.717, 1.165) is 28.2 Å². The van der Waals surface area contributed by atoms with Gasteiger partial charge in [0.1, 0.15) is 12.6 Å². The lowest BCUT2D eigenvalue weighted by Crippen LogP contribution is -2.45. The van der Waals surface area contributed by atoms with E-state index in [0.29, 0.717) is 11.5 Å². The maximum atomic E-state index is 13.0. The van der Waals surface area contributed by atoms with Crippen molar-refractivity contribution >= 4 is 11.6 Å². The van der Waals surface area contributed by atoms with Crippen molar-refractivity contribution in [3.8, 4) is 17.2 Å². The molecule has 0 saturated carbocycles. The van der Waals surface area contributed by atoms with Gasteiger partial charge >= 0.3 is 0 Å². The van der Waals surface area contributed by atoms with Crippen LogP contribution in [-0.2, 0) is 4.79 Å². The van der Waals surface area contributed by atoms with Gasteiger partial charge in [0.25, 0.3) is 5.91 Å². The predicted molar refractivity (Wildman–Crippen MR) is 130 cm³/mol. The lowest BCUT2D eigenvalue weighted by atomic mass is 9.98. The van der Waals surface area contributed by atoms with Crippen LogP contribution in [0.4, 0.5) is 0 Å². The number of hydrogen-bond acceptors (Lipinski definition) is 4. The van der Waals surface area contributed by atoms with Gasteiger partial charge in [-0.3, -0.25) is 9.79 Å². The number of rotatable bonds is 4. The molecule has 1 N–H and O–H groups in total. The summed E-state index contributed by atoms with van der Waals surface area (Å²) >= 11 is 0. The summed E-state index contributed by atoms with van der Waals surface area (Å²) in [6, 6.07) is 29.8. The maximum absolute atomic E-state index is 13.0. The number of nitrogens with zero attached hydrogens (tertiary/aromatic N) is 2. The predicted octanol–water partition coefficient (Wildman–Crippen LogP) is 4.33. The van der Waals surface area contributed by atoms with Crippen LogP contribution in [0, 0.1) is 0 Å². The summed E-state index contributed by atoms with van der Waals surface area (Å²) in [5.74, 6) is 1.00. The van der Waals surface area contributed by atoms with Crippen molar-refractivity contribution in [1.29, 1.82) is 0 Å². The summed E-state index contributed by atoms with van der Waals surface area (Å²) in [6.45, 7) is 0.450. The Labute approximate surface area is 197 Å². The summed E-state index contributed by atoms with van der Waals surface area (Å²) in [6.07, 6.45) is 1.32. The van der Waals surface area contributed by atoms with Crippen LogP contribution in [0.25, 0.3) is 5.69 Å². The monoisotopic (exact) mass is 449 g/mol. The van der Waals surface area contributed by atoms with E-state index in [1.807, 2.05) is 66.9 Å². The number of para-hydroxylation sites is 3. The van der Waals surface area contributed by atoms with E-state index in [4.69, 9.17) is 14.5 Å². The van der Waals surface area contributed by atoms with E-state index in [2.05, 4.69) is 34.1 Å². The molecule has 0 spiro atoms. The fraction of sp³-hybridized carbons (Fsp3) is 0.143. The third-order valence-electron chi connectivity index (χ3n) is 6.17. The molecule has 3 heterocycles. The van der Waals surface area contributed by atoms with Crippen molar-refractivity contribution in [3.05, 3.63) is 114 Å². The summed E-state index contributed by atoms with van der Waals surface area (Å²) in [4.78, 5) is 18.1. The molecule has 0 bridgehead atoms. The molecule has 3 aromatic carbocycles. The molecule has 4 aromatic rings. The average molecular weight is 450 g/mol. The van der Waals surface area contributed by atoms with Crippen LogP contribution in [0.3, 0.4) is 0 Å². The van der Waals surface area contributed by atoms with Crippen molar-refractivity contribution in [2.24, 2.45) is 4.99 Å². The van der Waals surface area contributed by atoms with Gasteiger partial charge < -0.3 is 19.4 Å². The highest BCUT2D eigenvalue weighted by atomic mass is 16.6. The highest BCUT2D eigenvalue weighted by Gasteiger charge is 2.29. The van der Waals surface area contributed by atoms with Crippen molar-refractivity contribution in [2.75, 3.05) is 13.2 Å². The number of ether oxygens (including phenoxy) is 2. The minimum atomic E-state index is -0.713. The van der Waals surface area contributed by atoms with E-state index in [1.54, 1.807) is 6.07 Å². The molecule has 6 nitrogen and oxygen atoms in total. The number of amides is 1. The number of nitrogens with one attached hydrogen (secondary N) is 1. The average Bonchev–Trinajstić information content (AvgIpc) is 3.34. The Morgan fingerprint density at radius 3 is 2.56 bits per heavy atom. The van der Waals surface area contributed by atoms with E-state index >= 15 is 0 Å². The number of fused-ring (bicyclic) bond motifs is 4. The molecule has 6 heteroatoms. The first-order valence-corrected chi connectivity index (χ1v) is 11.3. The Morgan fingerprint density at radius 1 is 0.912 bits per heavy atom. The summed E-state index contributed by atoms with van der Waals surface area (Å²) < 4.78 is 13.7. The quantitative estimate of drug-likeness (QED) is 0.505. The Bertz CT molecular complexity index is 1380. The van der Waals surface area contributed by atoms with Gasteiger partial charge in [-0.2, -0.15) is 0 Å². The second kappa shape index (κ2) is 8.56. The smallest absolute Gasteiger partial charge is 0.265 e. The number of aromatic nitrogens is 1. The normalized spacial score (nSPS) is 18.2. The van der Waals surface area contributed by atoms with E-state index in [1.165, 1.54) is 0 Å². The first-order valence-electron chi connectivity index (χ1n) is 11.3. The highest BCUT2D eigenvalue weighted by molar-refractivity contribution is 6.04. The number of aliphatic imine (C=N–C) groups is 1. The number of carbonyl (C=O) groups is 1. The Balaban J connectivity index is 1.30. The van der Waals surface area contributed by atoms with Crippen molar-refractivity contribution in [3.63, 3.8) is 0 Å². The maximum Gasteiger partial charge on any atom is 0.265 e. The van der Waals surface area contributed by atoms with Crippen molar-refractivity contribution in [1.82, 2.24) is 9.88 Å². The summed E-state index contributed by atoms with van der Waals surface area (Å²) in [5.41, 5.74) is 5.07. The van der Waals surface area contributed by atoms with Crippen molar-refractivity contribution < 1.29 is 14.3 Å². The molecule has 6 rings (SSSR count). The van der Waals surface area contributed by atoms with Gasteiger partial charge in [0, 0.05) is 11.8 Å². The zero-order valence-corrected chi connectivity index (χ0v) is 18.4. The third kappa shape index (κ3) is 3.63. The SMILES string of the molecule is O=C(NCC1=N[C@H](c2ccccc2)c2ccccc2-n2cccc21)[C@H]1COc2ccccc2O1. The lowest BCUT2D eigenvalue weighted by Gasteiger charge is -2.25. The molecule has 0 aliphatic carbocycles. The molecule has 0 fully saturated rings. The van der Waals surface area contributed by atoms with Crippen LogP contribution in [0.2, 0.25) is 0 Å². The largest absolute Gasteiger partial charge is 0.485 e. The highest BCUT2D eigenvalue weighted by Crippen LogP contribution is 2.35. The molecule has 2 aliphatic rings. The fourth-order valence-electron chi connectivity index (χ4n) is 4.51. The molecule has 168 valence electrons. The Kier molecular flexibility index (Phi) is 5.11. The number of benzene rings is 3. The Morgan fingerprint density at radius 2 is 1.68 bits per heavy atom. The first-order chi connectivity index (χ1) is 16.8. The standard InChI is InChI=1S/C28H23N3O3/c32-28(26-18-33-24-14-6-7-15-25(24)34-26)29-17-21-23-13-8-16-31(23)22-12-5-4-11-20(22)27(30-21)19-9-2-1-3-10-19/h1-16,26-27H,17-18H2,(H,29,32)/t26-,27-/m1/s1. The Hall–Kier alpha value is -4.32. The lowest BCUT2D eigenvalue weighted by molar-refractivity contribution is -0.130. The van der Waals surface area contributed by atoms with Gasteiger partial charge in [0.15, 0.2) is 11.5 Å². The molecule has 0 unspecified atom stereocenters. The topological polar surface area (TPSA) is 64.9 Å².